The Balaban J connectivity index is 1.86. The number of aldehydes is 1. The summed E-state index contributed by atoms with van der Waals surface area (Å²) in [5.41, 5.74) is 5.98. The van der Waals surface area contributed by atoms with Crippen molar-refractivity contribution < 1.29 is 14.3 Å². The molecule has 1 amide bonds. The van der Waals surface area contributed by atoms with Gasteiger partial charge >= 0.3 is 0 Å². The van der Waals surface area contributed by atoms with Crippen LogP contribution in [-0.2, 0) is 23.1 Å². The number of aromatic nitrogens is 3. The maximum absolute atomic E-state index is 13.9. The average molecular weight is 496 g/mol. The van der Waals surface area contributed by atoms with E-state index in [1.165, 1.54) is 7.11 Å². The Kier molecular flexibility index (Phi) is 6.76. The molecule has 0 fully saturated rings. The van der Waals surface area contributed by atoms with Crippen LogP contribution in [0.4, 0.5) is 0 Å². The topological polar surface area (TPSA) is 81.4 Å². The van der Waals surface area contributed by atoms with Crippen LogP contribution in [0.3, 0.4) is 0 Å². The Morgan fingerprint density at radius 1 is 1.29 bits per heavy atom. The summed E-state index contributed by atoms with van der Waals surface area (Å²) in [4.78, 5) is 27.6. The molecular weight excluding hydrogens is 466 g/mol. The molecule has 0 aliphatic carbocycles. The minimum Gasteiger partial charge on any atom is -0.496 e. The number of ether oxygens (including phenoxy) is 1. The molecule has 2 aromatic heterocycles. The van der Waals surface area contributed by atoms with Crippen LogP contribution in [0.5, 0.6) is 0 Å². The fourth-order valence-corrected chi connectivity index (χ4v) is 4.97. The lowest BCUT2D eigenvalue weighted by molar-refractivity contribution is -0.105. The molecule has 8 nitrogen and oxygen atoms in total. The molecular formula is C26H30ClN5O3. The first-order valence-corrected chi connectivity index (χ1v) is 11.8. The third-order valence-electron chi connectivity index (χ3n) is 6.66. The van der Waals surface area contributed by atoms with Crippen LogP contribution in [0, 0.1) is 13.8 Å². The average Bonchev–Trinajstić information content (AvgIpc) is 3.31. The van der Waals surface area contributed by atoms with Crippen molar-refractivity contribution in [2.24, 2.45) is 7.05 Å². The second-order valence-corrected chi connectivity index (χ2v) is 9.12. The van der Waals surface area contributed by atoms with Crippen molar-refractivity contribution in [1.82, 2.24) is 24.6 Å². The van der Waals surface area contributed by atoms with E-state index in [9.17, 15) is 9.59 Å². The van der Waals surface area contributed by atoms with Crippen molar-refractivity contribution in [2.45, 2.75) is 27.3 Å². The van der Waals surface area contributed by atoms with Crippen molar-refractivity contribution in [3.05, 3.63) is 63.4 Å². The van der Waals surface area contributed by atoms with Crippen LogP contribution >= 0.6 is 11.6 Å². The Morgan fingerprint density at radius 2 is 2.03 bits per heavy atom. The first-order valence-electron chi connectivity index (χ1n) is 11.4. The van der Waals surface area contributed by atoms with Gasteiger partial charge in [0.1, 0.15) is 5.76 Å². The van der Waals surface area contributed by atoms with Crippen LogP contribution in [0.25, 0.3) is 22.0 Å². The standard InChI is InChI=1S/C26H30ClN5O3/c1-15(28-4)11-21(35-6)19(14-33)13-32-10-9-31-8-7-18-12-20(22-16(2)29-30(5)17(22)3)24(27)23(25(18)31)26(32)34/h7-8,11-12,14,28H,9-10,13H2,1-6H3/b15-11-,21-19+. The number of aryl methyl sites for hydroxylation is 2. The number of amides is 1. The first kappa shape index (κ1) is 24.6. The molecule has 1 N–H and O–H groups in total. The Bertz CT molecular complexity index is 1400. The second-order valence-electron chi connectivity index (χ2n) is 8.75. The van der Waals surface area contributed by atoms with Crippen LogP contribution < -0.4 is 5.32 Å². The van der Waals surface area contributed by atoms with E-state index < -0.39 is 0 Å². The largest absolute Gasteiger partial charge is 0.496 e. The Hall–Kier alpha value is -3.52. The summed E-state index contributed by atoms with van der Waals surface area (Å²) in [6.45, 7) is 6.92. The quantitative estimate of drug-likeness (QED) is 0.232. The highest BCUT2D eigenvalue weighted by atomic mass is 35.5. The van der Waals surface area contributed by atoms with Crippen LogP contribution in [0.2, 0.25) is 5.02 Å². The van der Waals surface area contributed by atoms with E-state index in [1.54, 1.807) is 18.0 Å². The molecule has 9 heteroatoms. The highest BCUT2D eigenvalue weighted by molar-refractivity contribution is 6.38. The molecule has 184 valence electrons. The lowest BCUT2D eigenvalue weighted by Crippen LogP contribution is -2.34. The van der Waals surface area contributed by atoms with E-state index in [1.807, 2.05) is 55.4 Å². The van der Waals surface area contributed by atoms with E-state index in [0.717, 1.165) is 45.4 Å². The molecule has 3 heterocycles. The van der Waals surface area contributed by atoms with Crippen molar-refractivity contribution in [3.8, 4) is 11.1 Å². The number of rotatable bonds is 7. The van der Waals surface area contributed by atoms with Crippen molar-refractivity contribution in [1.29, 1.82) is 0 Å². The van der Waals surface area contributed by atoms with E-state index in [2.05, 4.69) is 10.4 Å². The van der Waals surface area contributed by atoms with Gasteiger partial charge in [-0.15, -0.1) is 0 Å². The molecule has 1 aliphatic rings. The van der Waals surface area contributed by atoms with Gasteiger partial charge in [-0.1, -0.05) is 11.6 Å². The first-order chi connectivity index (χ1) is 16.7. The molecule has 0 atom stereocenters. The number of halogens is 1. The molecule has 4 rings (SSSR count). The third kappa shape index (κ3) is 4.23. The van der Waals surface area contributed by atoms with Gasteiger partial charge in [-0.25, -0.2) is 0 Å². The van der Waals surface area contributed by atoms with Gasteiger partial charge in [-0.2, -0.15) is 5.10 Å². The maximum Gasteiger partial charge on any atom is 0.257 e. The maximum atomic E-state index is 13.9. The zero-order valence-corrected chi connectivity index (χ0v) is 21.7. The van der Waals surface area contributed by atoms with Gasteiger partial charge in [0, 0.05) is 61.3 Å². The van der Waals surface area contributed by atoms with Crippen LogP contribution in [0.1, 0.15) is 28.7 Å². The Labute approximate surface area is 209 Å². The number of methoxy groups -OCH3 is 1. The monoisotopic (exact) mass is 495 g/mol. The molecule has 1 aromatic carbocycles. The van der Waals surface area contributed by atoms with E-state index in [4.69, 9.17) is 16.3 Å². The van der Waals surface area contributed by atoms with Gasteiger partial charge < -0.3 is 19.5 Å². The highest BCUT2D eigenvalue weighted by Gasteiger charge is 2.30. The molecule has 0 saturated carbocycles. The lowest BCUT2D eigenvalue weighted by Gasteiger charge is -2.22. The fraction of sp³-hybridized carbons (Fsp3) is 0.346. The predicted octanol–water partition coefficient (Wildman–Crippen LogP) is 3.99. The van der Waals surface area contributed by atoms with Crippen molar-refractivity contribution in [2.75, 3.05) is 27.2 Å². The van der Waals surface area contributed by atoms with Crippen LogP contribution in [0.15, 0.2) is 41.4 Å². The number of carbonyl (C=O) groups excluding carboxylic acids is 2. The number of benzene rings is 1. The minimum atomic E-state index is -0.220. The number of carbonyl (C=O) groups is 2. The molecule has 3 aromatic rings. The van der Waals surface area contributed by atoms with Crippen molar-refractivity contribution >= 4 is 34.7 Å². The van der Waals surface area contributed by atoms with Crippen molar-refractivity contribution in [3.63, 3.8) is 0 Å². The number of nitrogens with one attached hydrogen (secondary N) is 1. The SMILES string of the molecule is CN/C(C)=C\C(OC)=C(/C=O)CN1CCn2ccc3cc(-c4c(C)nn(C)c4C)c(Cl)c(c32)C1=O. The third-order valence-corrected chi connectivity index (χ3v) is 7.05. The molecule has 0 saturated heterocycles. The van der Waals surface area contributed by atoms with Gasteiger partial charge in [-0.3, -0.25) is 14.3 Å². The summed E-state index contributed by atoms with van der Waals surface area (Å²) in [6, 6.07) is 4.04. The summed E-state index contributed by atoms with van der Waals surface area (Å²) in [5, 5.41) is 8.88. The normalized spacial score (nSPS) is 14.8. The predicted molar refractivity (Wildman–Crippen MR) is 137 cm³/mol. The van der Waals surface area contributed by atoms with Gasteiger partial charge in [0.25, 0.3) is 5.91 Å². The number of hydrogen-bond acceptors (Lipinski definition) is 5. The molecule has 35 heavy (non-hydrogen) atoms. The van der Waals surface area contributed by atoms with Gasteiger partial charge in [0.15, 0.2) is 6.29 Å². The molecule has 0 spiro atoms. The van der Waals surface area contributed by atoms with Gasteiger partial charge in [0.05, 0.1) is 41.0 Å². The molecule has 0 unspecified atom stereocenters. The summed E-state index contributed by atoms with van der Waals surface area (Å²) < 4.78 is 9.34. The fourth-order valence-electron chi connectivity index (χ4n) is 4.65. The summed E-state index contributed by atoms with van der Waals surface area (Å²) in [7, 11) is 5.19. The zero-order chi connectivity index (χ0) is 25.4. The molecule has 0 radical (unpaired) electrons. The summed E-state index contributed by atoms with van der Waals surface area (Å²) >= 11 is 7.00. The summed E-state index contributed by atoms with van der Waals surface area (Å²) in [5.74, 6) is 0.192. The molecule has 0 bridgehead atoms. The lowest BCUT2D eigenvalue weighted by atomic mass is 9.98. The van der Waals surface area contributed by atoms with Gasteiger partial charge in [-0.05, 0) is 39.0 Å². The van der Waals surface area contributed by atoms with E-state index in [-0.39, 0.29) is 12.5 Å². The minimum absolute atomic E-state index is 0.108. The zero-order valence-electron chi connectivity index (χ0n) is 20.9. The smallest absolute Gasteiger partial charge is 0.257 e. The van der Waals surface area contributed by atoms with Gasteiger partial charge in [0.2, 0.25) is 0 Å². The van der Waals surface area contributed by atoms with E-state index >= 15 is 0 Å². The van der Waals surface area contributed by atoms with E-state index in [0.29, 0.717) is 35.0 Å². The number of hydrogen-bond donors (Lipinski definition) is 1. The molecule has 1 aliphatic heterocycles. The number of nitrogens with zero attached hydrogens (tertiary/aromatic N) is 4. The number of allylic oxidation sites excluding steroid dienone is 2. The Morgan fingerprint density at radius 3 is 2.63 bits per heavy atom. The van der Waals surface area contributed by atoms with Crippen LogP contribution in [-0.4, -0.2) is 58.7 Å². The summed E-state index contributed by atoms with van der Waals surface area (Å²) in [6.07, 6.45) is 4.46. The second kappa shape index (κ2) is 9.62. The highest BCUT2D eigenvalue weighted by Crippen LogP contribution is 2.40.